The lowest BCUT2D eigenvalue weighted by Gasteiger charge is -2.27. The summed E-state index contributed by atoms with van der Waals surface area (Å²) in [6.07, 6.45) is 3.36. The van der Waals surface area contributed by atoms with Gasteiger partial charge in [0.25, 0.3) is 11.8 Å². The second-order valence-corrected chi connectivity index (χ2v) is 7.76. The van der Waals surface area contributed by atoms with Gasteiger partial charge in [-0.3, -0.25) is 14.9 Å². The van der Waals surface area contributed by atoms with Crippen LogP contribution in [0.4, 0.5) is 10.5 Å². The molecule has 2 N–H and O–H groups in total. The number of imide groups is 2. The van der Waals surface area contributed by atoms with E-state index in [4.69, 9.17) is 4.74 Å². The third-order valence-corrected chi connectivity index (χ3v) is 5.15. The van der Waals surface area contributed by atoms with E-state index < -0.39 is 17.8 Å². The number of benzene rings is 2. The number of carbonyl (C=O) groups excluding carboxylic acids is 3. The number of nitrogens with one attached hydrogen (secondary N) is 1. The molecule has 0 spiro atoms. The molecule has 0 unspecified atom stereocenters. The summed E-state index contributed by atoms with van der Waals surface area (Å²) in [5.41, 5.74) is 1.85. The minimum Gasteiger partial charge on any atom is -0.504 e. The van der Waals surface area contributed by atoms with Gasteiger partial charge in [0.15, 0.2) is 11.5 Å². The Labute approximate surface area is 188 Å². The number of aromatic hydroxyl groups is 1. The number of allylic oxidation sites excluding steroid dienone is 1. The van der Waals surface area contributed by atoms with Crippen molar-refractivity contribution < 1.29 is 24.2 Å². The van der Waals surface area contributed by atoms with Crippen molar-refractivity contribution in [3.05, 3.63) is 69.7 Å². The third-order valence-electron chi connectivity index (χ3n) is 4.65. The Balaban J connectivity index is 2.08. The van der Waals surface area contributed by atoms with Gasteiger partial charge in [0.05, 0.1) is 12.3 Å². The molecular weight excluding hydrogens is 464 g/mol. The summed E-state index contributed by atoms with van der Waals surface area (Å²) < 4.78 is 6.27. The van der Waals surface area contributed by atoms with Crippen molar-refractivity contribution in [2.24, 2.45) is 0 Å². The Morgan fingerprint density at radius 3 is 2.61 bits per heavy atom. The summed E-state index contributed by atoms with van der Waals surface area (Å²) in [5.74, 6) is -1.33. The van der Waals surface area contributed by atoms with E-state index in [1.807, 2.05) is 0 Å². The second-order valence-electron chi connectivity index (χ2n) is 6.84. The van der Waals surface area contributed by atoms with Gasteiger partial charge in [-0.1, -0.05) is 22.0 Å². The summed E-state index contributed by atoms with van der Waals surface area (Å²) in [6, 6.07) is 7.46. The predicted molar refractivity (Wildman–Crippen MR) is 121 cm³/mol. The number of anilines is 1. The first-order chi connectivity index (χ1) is 14.8. The van der Waals surface area contributed by atoms with Crippen molar-refractivity contribution in [1.29, 1.82) is 0 Å². The number of phenolic OH excluding ortho intramolecular Hbond substituents is 1. The number of amides is 4. The van der Waals surface area contributed by atoms with E-state index >= 15 is 0 Å². The number of hydrogen-bond acceptors (Lipinski definition) is 5. The Hall–Kier alpha value is -3.39. The topological polar surface area (TPSA) is 95.9 Å². The highest BCUT2D eigenvalue weighted by atomic mass is 79.9. The molecule has 160 valence electrons. The monoisotopic (exact) mass is 484 g/mol. The van der Waals surface area contributed by atoms with Gasteiger partial charge in [0.2, 0.25) is 0 Å². The highest BCUT2D eigenvalue weighted by molar-refractivity contribution is 9.10. The zero-order valence-corrected chi connectivity index (χ0v) is 18.7. The van der Waals surface area contributed by atoms with E-state index in [1.165, 1.54) is 12.1 Å². The normalized spacial score (nSPS) is 15.3. The zero-order valence-electron chi connectivity index (χ0n) is 17.1. The quantitative estimate of drug-likeness (QED) is 0.362. The largest absolute Gasteiger partial charge is 0.504 e. The number of halogens is 1. The van der Waals surface area contributed by atoms with Crippen molar-refractivity contribution in [1.82, 2.24) is 5.32 Å². The van der Waals surface area contributed by atoms with Crippen molar-refractivity contribution in [2.75, 3.05) is 11.5 Å². The predicted octanol–water partition coefficient (Wildman–Crippen LogP) is 4.26. The minimum atomic E-state index is -0.814. The Bertz CT molecular complexity index is 1120. The van der Waals surface area contributed by atoms with Crippen molar-refractivity contribution in [3.8, 4) is 11.5 Å². The first kappa shape index (κ1) is 22.3. The molecule has 1 saturated heterocycles. The molecule has 2 aromatic carbocycles. The molecular formula is C23H21BrN2O5. The molecule has 0 atom stereocenters. The molecule has 0 aliphatic carbocycles. The summed E-state index contributed by atoms with van der Waals surface area (Å²) in [4.78, 5) is 39.0. The zero-order chi connectivity index (χ0) is 22.7. The SMILES string of the molecule is C=CCc1cc(/C=C2\C(=O)NC(=O)N(c3ccc(Br)cc3C)C2=O)cc(OCC)c1O. The maximum absolute atomic E-state index is 13.1. The molecule has 4 amide bonds. The smallest absolute Gasteiger partial charge is 0.335 e. The average Bonchev–Trinajstić information content (AvgIpc) is 2.70. The number of hydrogen-bond donors (Lipinski definition) is 2. The third kappa shape index (κ3) is 4.54. The molecule has 0 radical (unpaired) electrons. The molecule has 0 bridgehead atoms. The highest BCUT2D eigenvalue weighted by Crippen LogP contribution is 2.34. The van der Waals surface area contributed by atoms with Crippen LogP contribution in [-0.4, -0.2) is 29.6 Å². The average molecular weight is 485 g/mol. The summed E-state index contributed by atoms with van der Waals surface area (Å²) in [5, 5.41) is 12.6. The van der Waals surface area contributed by atoms with Gasteiger partial charge < -0.3 is 9.84 Å². The van der Waals surface area contributed by atoms with Gasteiger partial charge in [0.1, 0.15) is 5.57 Å². The van der Waals surface area contributed by atoms with Gasteiger partial charge in [-0.05, 0) is 67.8 Å². The van der Waals surface area contributed by atoms with E-state index in [9.17, 15) is 19.5 Å². The number of phenols is 1. The van der Waals surface area contributed by atoms with Crippen LogP contribution in [0.2, 0.25) is 0 Å². The number of ether oxygens (including phenoxy) is 1. The lowest BCUT2D eigenvalue weighted by molar-refractivity contribution is -0.122. The van der Waals surface area contributed by atoms with Crippen LogP contribution >= 0.6 is 15.9 Å². The van der Waals surface area contributed by atoms with E-state index in [0.29, 0.717) is 35.4 Å². The van der Waals surface area contributed by atoms with Gasteiger partial charge in [-0.15, -0.1) is 6.58 Å². The van der Waals surface area contributed by atoms with Crippen LogP contribution in [0.15, 0.2) is 53.0 Å². The van der Waals surface area contributed by atoms with Crippen LogP contribution in [0.3, 0.4) is 0 Å². The fourth-order valence-corrected chi connectivity index (χ4v) is 3.74. The number of urea groups is 1. The fraction of sp³-hybridized carbons (Fsp3) is 0.174. The van der Waals surface area contributed by atoms with Crippen LogP contribution in [-0.2, 0) is 16.0 Å². The van der Waals surface area contributed by atoms with Crippen molar-refractivity contribution >= 4 is 45.5 Å². The molecule has 1 heterocycles. The maximum atomic E-state index is 13.1. The number of carbonyl (C=O) groups is 3. The van der Waals surface area contributed by atoms with E-state index in [2.05, 4.69) is 27.8 Å². The van der Waals surface area contributed by atoms with E-state index in [-0.39, 0.29) is 17.1 Å². The summed E-state index contributed by atoms with van der Waals surface area (Å²) >= 11 is 3.35. The molecule has 2 aromatic rings. The standard InChI is InChI=1S/C23H21BrN2O5/c1-4-6-15-10-14(12-19(20(15)27)31-5-2)11-17-21(28)25-23(30)26(22(17)29)18-8-7-16(24)9-13(18)3/h4,7-12,27H,1,5-6H2,2-3H3,(H,25,28,30)/b17-11+. The minimum absolute atomic E-state index is 0.0226. The molecule has 7 nitrogen and oxygen atoms in total. The number of aryl methyl sites for hydroxylation is 1. The first-order valence-corrected chi connectivity index (χ1v) is 10.3. The molecule has 1 fully saturated rings. The number of barbiturate groups is 1. The molecule has 31 heavy (non-hydrogen) atoms. The van der Waals surface area contributed by atoms with Gasteiger partial charge in [-0.2, -0.15) is 0 Å². The van der Waals surface area contributed by atoms with Crippen LogP contribution < -0.4 is 15.0 Å². The van der Waals surface area contributed by atoms with Crippen LogP contribution in [0.25, 0.3) is 6.08 Å². The summed E-state index contributed by atoms with van der Waals surface area (Å²) in [6.45, 7) is 7.54. The Morgan fingerprint density at radius 2 is 1.97 bits per heavy atom. The molecule has 8 heteroatoms. The summed E-state index contributed by atoms with van der Waals surface area (Å²) in [7, 11) is 0. The number of nitrogens with zero attached hydrogens (tertiary/aromatic N) is 1. The van der Waals surface area contributed by atoms with Crippen molar-refractivity contribution in [3.63, 3.8) is 0 Å². The van der Waals surface area contributed by atoms with E-state index in [1.54, 1.807) is 44.2 Å². The first-order valence-electron chi connectivity index (χ1n) is 9.54. The fourth-order valence-electron chi connectivity index (χ4n) is 3.26. The number of rotatable bonds is 6. The second kappa shape index (κ2) is 9.18. The van der Waals surface area contributed by atoms with Gasteiger partial charge >= 0.3 is 6.03 Å². The van der Waals surface area contributed by atoms with Crippen LogP contribution in [0.5, 0.6) is 11.5 Å². The lowest BCUT2D eigenvalue weighted by Crippen LogP contribution is -2.54. The molecule has 1 aliphatic rings. The molecule has 0 saturated carbocycles. The molecule has 1 aliphatic heterocycles. The highest BCUT2D eigenvalue weighted by Gasteiger charge is 2.37. The maximum Gasteiger partial charge on any atom is 0.335 e. The molecule has 0 aromatic heterocycles. The molecule has 3 rings (SSSR count). The van der Waals surface area contributed by atoms with Crippen LogP contribution in [0.1, 0.15) is 23.6 Å². The van der Waals surface area contributed by atoms with Gasteiger partial charge in [0, 0.05) is 10.0 Å². The van der Waals surface area contributed by atoms with Gasteiger partial charge in [-0.25, -0.2) is 9.69 Å². The lowest BCUT2D eigenvalue weighted by atomic mass is 10.0. The van der Waals surface area contributed by atoms with Crippen molar-refractivity contribution in [2.45, 2.75) is 20.3 Å². The van der Waals surface area contributed by atoms with E-state index in [0.717, 1.165) is 9.37 Å². The Kier molecular flexibility index (Phi) is 6.60. The Morgan fingerprint density at radius 1 is 1.23 bits per heavy atom. The van der Waals surface area contributed by atoms with Crippen LogP contribution in [0, 0.1) is 6.92 Å².